The minimum atomic E-state index is -0.559. The quantitative estimate of drug-likeness (QED) is 0.617. The molecule has 96 valence electrons. The number of nitriles is 1. The second-order valence-corrected chi connectivity index (χ2v) is 3.93. The molecule has 0 aliphatic carbocycles. The summed E-state index contributed by atoms with van der Waals surface area (Å²) >= 11 is 0. The Bertz CT molecular complexity index is 468. The van der Waals surface area contributed by atoms with Gasteiger partial charge in [-0.2, -0.15) is 5.26 Å². The molecule has 1 aromatic carbocycles. The maximum atomic E-state index is 10.7. The average molecular weight is 249 g/mol. The molecule has 1 N–H and O–H groups in total. The van der Waals surface area contributed by atoms with Gasteiger partial charge in [-0.1, -0.05) is 0 Å². The van der Waals surface area contributed by atoms with E-state index in [-0.39, 0.29) is 17.3 Å². The van der Waals surface area contributed by atoms with E-state index in [9.17, 15) is 10.1 Å². The molecule has 1 aromatic rings. The lowest BCUT2D eigenvalue weighted by Gasteiger charge is -2.14. The summed E-state index contributed by atoms with van der Waals surface area (Å²) in [6.45, 7) is 2.61. The molecule has 0 fully saturated rings. The lowest BCUT2D eigenvalue weighted by atomic mass is 10.1. The van der Waals surface area contributed by atoms with Gasteiger partial charge in [-0.3, -0.25) is 10.1 Å². The maximum Gasteiger partial charge on any atom is 0.287 e. The molecule has 0 amide bonds. The van der Waals surface area contributed by atoms with Crippen molar-refractivity contribution in [1.29, 1.82) is 5.26 Å². The van der Waals surface area contributed by atoms with Crippen LogP contribution in [0.5, 0.6) is 0 Å². The molecule has 0 aromatic heterocycles. The molecule has 6 heteroatoms. The Hall–Kier alpha value is -2.13. The smallest absolute Gasteiger partial charge is 0.287 e. The molecule has 1 unspecified atom stereocenters. The summed E-state index contributed by atoms with van der Waals surface area (Å²) in [4.78, 5) is 10.1. The molecular formula is C12H15N3O3. The molecule has 0 spiro atoms. The van der Waals surface area contributed by atoms with E-state index in [1.807, 2.05) is 13.0 Å². The van der Waals surface area contributed by atoms with Crippen LogP contribution in [0.1, 0.15) is 18.9 Å². The van der Waals surface area contributed by atoms with E-state index < -0.39 is 4.92 Å². The van der Waals surface area contributed by atoms with Crippen LogP contribution in [0.25, 0.3) is 0 Å². The number of anilines is 1. The van der Waals surface area contributed by atoms with Crippen molar-refractivity contribution in [3.05, 3.63) is 33.9 Å². The minimum Gasteiger partial charge on any atom is -0.385 e. The fourth-order valence-corrected chi connectivity index (χ4v) is 1.53. The monoisotopic (exact) mass is 249 g/mol. The van der Waals surface area contributed by atoms with Crippen LogP contribution in [0, 0.1) is 21.4 Å². The summed E-state index contributed by atoms with van der Waals surface area (Å²) < 4.78 is 4.96. The highest BCUT2D eigenvalue weighted by atomic mass is 16.6. The summed E-state index contributed by atoms with van der Waals surface area (Å²) in [6, 6.07) is 6.42. The summed E-state index contributed by atoms with van der Waals surface area (Å²) in [7, 11) is 1.63. The molecule has 18 heavy (non-hydrogen) atoms. The zero-order valence-electron chi connectivity index (χ0n) is 10.3. The third-order valence-electron chi connectivity index (χ3n) is 2.48. The molecule has 0 saturated carbocycles. The van der Waals surface area contributed by atoms with Crippen LogP contribution >= 0.6 is 0 Å². The predicted octanol–water partition coefficient (Wildman–Crippen LogP) is 2.30. The van der Waals surface area contributed by atoms with Crippen molar-refractivity contribution >= 4 is 11.4 Å². The van der Waals surface area contributed by atoms with Crippen molar-refractivity contribution in [3.8, 4) is 6.07 Å². The van der Waals surface area contributed by atoms with Crippen molar-refractivity contribution in [2.75, 3.05) is 19.0 Å². The number of benzene rings is 1. The SMILES string of the molecule is COCCC(C)Nc1ccc([N+](=O)[O-])c(C#N)c1. The van der Waals surface area contributed by atoms with E-state index in [0.29, 0.717) is 12.3 Å². The molecule has 1 atom stereocenters. The summed E-state index contributed by atoms with van der Waals surface area (Å²) in [5.41, 5.74) is 0.581. The number of nitrogens with one attached hydrogen (secondary N) is 1. The molecule has 1 rings (SSSR count). The van der Waals surface area contributed by atoms with Gasteiger partial charge in [-0.15, -0.1) is 0 Å². The van der Waals surface area contributed by atoms with Gasteiger partial charge in [0.1, 0.15) is 11.6 Å². The fraction of sp³-hybridized carbons (Fsp3) is 0.417. The van der Waals surface area contributed by atoms with E-state index in [0.717, 1.165) is 6.42 Å². The Morgan fingerprint density at radius 3 is 2.89 bits per heavy atom. The second-order valence-electron chi connectivity index (χ2n) is 3.93. The number of nitro benzene ring substituents is 1. The van der Waals surface area contributed by atoms with Crippen LogP contribution in [0.15, 0.2) is 18.2 Å². The third kappa shape index (κ3) is 3.71. The molecular weight excluding hydrogens is 234 g/mol. The predicted molar refractivity (Wildman–Crippen MR) is 67.4 cm³/mol. The van der Waals surface area contributed by atoms with Crippen molar-refractivity contribution in [2.24, 2.45) is 0 Å². The lowest BCUT2D eigenvalue weighted by molar-refractivity contribution is -0.385. The van der Waals surface area contributed by atoms with Crippen molar-refractivity contribution in [3.63, 3.8) is 0 Å². The summed E-state index contributed by atoms with van der Waals surface area (Å²) in [5.74, 6) is 0. The molecule has 0 bridgehead atoms. The zero-order valence-corrected chi connectivity index (χ0v) is 10.3. The molecule has 0 aliphatic heterocycles. The number of hydrogen-bond acceptors (Lipinski definition) is 5. The van der Waals surface area contributed by atoms with Gasteiger partial charge in [0, 0.05) is 31.5 Å². The van der Waals surface area contributed by atoms with Crippen molar-refractivity contribution in [2.45, 2.75) is 19.4 Å². The van der Waals surface area contributed by atoms with Crippen LogP contribution < -0.4 is 5.32 Å². The molecule has 0 aliphatic rings. The number of hydrogen-bond donors (Lipinski definition) is 1. The van der Waals surface area contributed by atoms with E-state index in [2.05, 4.69) is 5.32 Å². The van der Waals surface area contributed by atoms with Gasteiger partial charge in [0.15, 0.2) is 0 Å². The van der Waals surface area contributed by atoms with Gasteiger partial charge in [-0.25, -0.2) is 0 Å². The van der Waals surface area contributed by atoms with E-state index in [1.165, 1.54) is 12.1 Å². The van der Waals surface area contributed by atoms with Crippen LogP contribution in [0.2, 0.25) is 0 Å². The van der Waals surface area contributed by atoms with Gasteiger partial charge >= 0.3 is 0 Å². The third-order valence-corrected chi connectivity index (χ3v) is 2.48. The average Bonchev–Trinajstić information content (AvgIpc) is 2.35. The second kappa shape index (κ2) is 6.57. The number of methoxy groups -OCH3 is 1. The highest BCUT2D eigenvalue weighted by Gasteiger charge is 2.14. The van der Waals surface area contributed by atoms with E-state index in [4.69, 9.17) is 10.00 Å². The van der Waals surface area contributed by atoms with Gasteiger partial charge in [0.05, 0.1) is 4.92 Å². The zero-order chi connectivity index (χ0) is 13.5. The first-order chi connectivity index (χ1) is 8.58. The topological polar surface area (TPSA) is 88.2 Å². The summed E-state index contributed by atoms with van der Waals surface area (Å²) in [5, 5.41) is 22.7. The normalized spacial score (nSPS) is 11.6. The van der Waals surface area contributed by atoms with E-state index in [1.54, 1.807) is 13.2 Å². The fourth-order valence-electron chi connectivity index (χ4n) is 1.53. The van der Waals surface area contributed by atoms with Crippen molar-refractivity contribution in [1.82, 2.24) is 0 Å². The maximum absolute atomic E-state index is 10.7. The minimum absolute atomic E-state index is 0.0592. The summed E-state index contributed by atoms with van der Waals surface area (Å²) in [6.07, 6.45) is 0.815. The Morgan fingerprint density at radius 1 is 1.61 bits per heavy atom. The highest BCUT2D eigenvalue weighted by molar-refractivity contribution is 5.58. The van der Waals surface area contributed by atoms with Gasteiger partial charge in [0.2, 0.25) is 0 Å². The standard InChI is InChI=1S/C12H15N3O3/c1-9(5-6-18-2)14-11-3-4-12(15(16)17)10(7-11)8-13/h3-4,7,9,14H,5-6H2,1-2H3. The molecule has 6 nitrogen and oxygen atoms in total. The Morgan fingerprint density at radius 2 is 2.33 bits per heavy atom. The first-order valence-electron chi connectivity index (χ1n) is 5.52. The van der Waals surface area contributed by atoms with Gasteiger partial charge in [-0.05, 0) is 25.5 Å². The number of rotatable bonds is 6. The van der Waals surface area contributed by atoms with Crippen molar-refractivity contribution < 1.29 is 9.66 Å². The Labute approximate surface area is 105 Å². The molecule has 0 saturated heterocycles. The first-order valence-corrected chi connectivity index (χ1v) is 5.52. The van der Waals surface area contributed by atoms with Gasteiger partial charge in [0.25, 0.3) is 5.69 Å². The van der Waals surface area contributed by atoms with Crippen LogP contribution in [-0.2, 0) is 4.74 Å². The Kier molecular flexibility index (Phi) is 5.08. The Balaban J connectivity index is 2.80. The molecule has 0 radical (unpaired) electrons. The number of nitro groups is 1. The van der Waals surface area contributed by atoms with Gasteiger partial charge < -0.3 is 10.1 Å². The number of nitrogens with zero attached hydrogens (tertiary/aromatic N) is 2. The van der Waals surface area contributed by atoms with Crippen LogP contribution in [0.3, 0.4) is 0 Å². The van der Waals surface area contributed by atoms with Crippen LogP contribution in [0.4, 0.5) is 11.4 Å². The van der Waals surface area contributed by atoms with E-state index >= 15 is 0 Å². The lowest BCUT2D eigenvalue weighted by Crippen LogP contribution is -2.17. The first kappa shape index (κ1) is 13.9. The van der Waals surface area contributed by atoms with Crippen LogP contribution in [-0.4, -0.2) is 24.7 Å². The molecule has 0 heterocycles. The largest absolute Gasteiger partial charge is 0.385 e. The highest BCUT2D eigenvalue weighted by Crippen LogP contribution is 2.22. The number of ether oxygens (including phenoxy) is 1.